The molecule has 0 rings (SSSR count). The van der Waals surface area contributed by atoms with Gasteiger partial charge in [-0.3, -0.25) is 14.8 Å². The second kappa shape index (κ2) is 17.2. The molecule has 1 atom stereocenters. The molecular weight excluding hydrogens is 485 g/mol. The van der Waals surface area contributed by atoms with Crippen LogP contribution in [0, 0.1) is 0 Å². The fourth-order valence-corrected chi connectivity index (χ4v) is 1.84. The van der Waals surface area contributed by atoms with E-state index in [4.69, 9.17) is 15.5 Å². The molecule has 0 saturated heterocycles. The maximum absolute atomic E-state index is 11.8. The molecule has 1 unspecified atom stereocenters. The molecule has 0 bridgehead atoms. The van der Waals surface area contributed by atoms with Crippen molar-refractivity contribution >= 4 is 35.8 Å². The summed E-state index contributed by atoms with van der Waals surface area (Å²) in [6, 6.07) is 0. The molecule has 0 aromatic carbocycles. The Balaban J connectivity index is -0.00000104. The van der Waals surface area contributed by atoms with Gasteiger partial charge in [-0.1, -0.05) is 0 Å². The molecule has 146 valence electrons. The van der Waals surface area contributed by atoms with Gasteiger partial charge in [0.15, 0.2) is 5.60 Å². The van der Waals surface area contributed by atoms with Crippen LogP contribution in [0.5, 0.6) is 0 Å². The first kappa shape index (κ1) is 37.9. The third-order valence-corrected chi connectivity index (χ3v) is 2.97. The van der Waals surface area contributed by atoms with Gasteiger partial charge in [-0.25, -0.2) is 9.68 Å². The number of carboxylic acid groups (broad SMARTS) is 5. The zero-order chi connectivity index (χ0) is 20.7. The van der Waals surface area contributed by atoms with E-state index in [0.717, 1.165) is 0 Å². The van der Waals surface area contributed by atoms with Crippen LogP contribution in [-0.2, 0) is 38.4 Å². The van der Waals surface area contributed by atoms with Crippen molar-refractivity contribution in [3.63, 3.8) is 0 Å². The van der Waals surface area contributed by atoms with Gasteiger partial charge >= 0.3 is 172 Å². The van der Waals surface area contributed by atoms with Crippen molar-refractivity contribution < 1.29 is 223 Å². The van der Waals surface area contributed by atoms with E-state index in [9.17, 15) is 44.1 Å². The van der Waals surface area contributed by atoms with Crippen molar-refractivity contribution in [1.82, 2.24) is 0 Å². The predicted molar refractivity (Wildman–Crippen MR) is 64.0 cm³/mol. The summed E-state index contributed by atoms with van der Waals surface area (Å²) in [6.07, 6.45) is -6.52. The minimum Gasteiger partial charge on any atom is -0.550 e. The second-order valence-electron chi connectivity index (χ2n) is 4.99. The molecule has 3 N–H and O–H groups in total. The number of carbonyl (C=O) groups excluding carboxylic acids is 4. The molecule has 0 spiro atoms. The Kier molecular flexibility index (Phi) is 22.5. The topological polar surface area (TPSA) is 251 Å². The van der Waals surface area contributed by atoms with Crippen LogP contribution in [0.4, 0.5) is 0 Å². The van der Waals surface area contributed by atoms with Crippen molar-refractivity contribution in [2.24, 2.45) is 0 Å². The maximum atomic E-state index is 11.8. The molecule has 29 heavy (non-hydrogen) atoms. The SMILES string of the molecule is O=C([O-])CC(CC(=O)[O-])(OC(=O)CC(CC(=O)O)(OO)C(=O)O)C(=O)[O-].[K+].[K+].[K+]. The summed E-state index contributed by atoms with van der Waals surface area (Å²) in [5, 5.41) is 58.6. The quantitative estimate of drug-likeness (QED) is 0.0981. The maximum Gasteiger partial charge on any atom is 1.00 e. The van der Waals surface area contributed by atoms with Crippen LogP contribution in [0.3, 0.4) is 0 Å². The van der Waals surface area contributed by atoms with E-state index in [1.54, 1.807) is 0 Å². The third-order valence-electron chi connectivity index (χ3n) is 2.97. The molecule has 0 fully saturated rings. The van der Waals surface area contributed by atoms with E-state index < -0.39 is 72.7 Å². The number of hydrogen-bond donors (Lipinski definition) is 3. The molecule has 17 heteroatoms. The summed E-state index contributed by atoms with van der Waals surface area (Å²) < 4.78 is 4.22. The van der Waals surface area contributed by atoms with Crippen LogP contribution >= 0.6 is 0 Å². The molecule has 0 heterocycles. The first-order valence-electron chi connectivity index (χ1n) is 6.41. The van der Waals surface area contributed by atoms with Crippen LogP contribution in [0.2, 0.25) is 0 Å². The summed E-state index contributed by atoms with van der Waals surface area (Å²) >= 11 is 0. The Hall–Kier alpha value is 1.65. The molecule has 0 aliphatic rings. The summed E-state index contributed by atoms with van der Waals surface area (Å²) in [5.41, 5.74) is -6.46. The molecule has 0 saturated carbocycles. The van der Waals surface area contributed by atoms with Gasteiger partial charge in [0, 0.05) is 24.8 Å². The molecule has 0 radical (unpaired) electrons. The van der Waals surface area contributed by atoms with Gasteiger partial charge in [-0.05, 0) is 0 Å². The minimum absolute atomic E-state index is 0. The summed E-state index contributed by atoms with van der Waals surface area (Å²) in [7, 11) is 0. The van der Waals surface area contributed by atoms with Crippen molar-refractivity contribution in [1.29, 1.82) is 0 Å². The molecule has 0 aliphatic heterocycles. The van der Waals surface area contributed by atoms with Gasteiger partial charge in [-0.2, -0.15) is 0 Å². The number of ether oxygens (including phenoxy) is 1. The van der Waals surface area contributed by atoms with Gasteiger partial charge in [0.25, 0.3) is 0 Å². The average Bonchev–Trinajstić information content (AvgIpc) is 2.43. The first-order chi connectivity index (χ1) is 11.8. The molecule has 14 nitrogen and oxygen atoms in total. The molecule has 0 amide bonds. The van der Waals surface area contributed by atoms with E-state index >= 15 is 0 Å². The predicted octanol–water partition coefficient (Wildman–Crippen LogP) is -14.5. The Labute approximate surface area is 289 Å². The second-order valence-corrected chi connectivity index (χ2v) is 4.99. The van der Waals surface area contributed by atoms with Gasteiger partial charge in [0.1, 0.15) is 0 Å². The number of hydrogen-bond acceptors (Lipinski definition) is 12. The molecular formula is C12H11K3O14. The van der Waals surface area contributed by atoms with Crippen LogP contribution in [0.1, 0.15) is 25.7 Å². The van der Waals surface area contributed by atoms with Gasteiger partial charge < -0.3 is 44.7 Å². The fraction of sp³-hybridized carbons (Fsp3) is 0.500. The zero-order valence-corrected chi connectivity index (χ0v) is 25.0. The first-order valence-corrected chi connectivity index (χ1v) is 6.41. The molecule has 0 aliphatic carbocycles. The van der Waals surface area contributed by atoms with E-state index in [1.165, 1.54) is 0 Å². The van der Waals surface area contributed by atoms with Crippen molar-refractivity contribution in [2.75, 3.05) is 0 Å². The van der Waals surface area contributed by atoms with Crippen molar-refractivity contribution in [3.05, 3.63) is 0 Å². The van der Waals surface area contributed by atoms with Gasteiger partial charge in [-0.15, -0.1) is 0 Å². The summed E-state index contributed by atoms with van der Waals surface area (Å²) in [4.78, 5) is 69.4. The number of carbonyl (C=O) groups is 6. The van der Waals surface area contributed by atoms with Crippen molar-refractivity contribution in [2.45, 2.75) is 36.9 Å². The monoisotopic (exact) mass is 496 g/mol. The van der Waals surface area contributed by atoms with E-state index in [2.05, 4.69) is 9.62 Å². The average molecular weight is 497 g/mol. The fourth-order valence-electron chi connectivity index (χ4n) is 1.84. The zero-order valence-electron chi connectivity index (χ0n) is 15.7. The number of rotatable bonds is 12. The van der Waals surface area contributed by atoms with Crippen molar-refractivity contribution in [3.8, 4) is 0 Å². The van der Waals surface area contributed by atoms with Crippen LogP contribution < -0.4 is 169 Å². The third kappa shape index (κ3) is 13.1. The van der Waals surface area contributed by atoms with E-state index in [-0.39, 0.29) is 154 Å². The minimum atomic E-state index is -3.34. The Morgan fingerprint density at radius 3 is 1.38 bits per heavy atom. The standard InChI is InChI=1S/C12H14O14.3K/c13-5(14)1-11(9(20)21,2-6(15)16)25-8(19)4-12(26-24,10(22)23)3-7(17)18;;;/h24H,1-4H2,(H,13,14)(H,15,16)(H,17,18)(H,20,21)(H,22,23);;;/q;3*+1/p-3. The van der Waals surface area contributed by atoms with Crippen LogP contribution in [-0.4, -0.2) is 62.5 Å². The van der Waals surface area contributed by atoms with E-state index in [1.807, 2.05) is 0 Å². The largest absolute Gasteiger partial charge is 1.00 e. The summed E-state index contributed by atoms with van der Waals surface area (Å²) in [5.74, 6) is -12.8. The van der Waals surface area contributed by atoms with E-state index in [0.29, 0.717) is 0 Å². The normalized spacial score (nSPS) is 11.9. The number of esters is 1. The van der Waals surface area contributed by atoms with Crippen LogP contribution in [0.15, 0.2) is 0 Å². The van der Waals surface area contributed by atoms with Crippen LogP contribution in [0.25, 0.3) is 0 Å². The Bertz CT molecular complexity index is 619. The number of aliphatic carboxylic acids is 5. The molecule has 0 aromatic heterocycles. The molecule has 0 aromatic rings. The van der Waals surface area contributed by atoms with Gasteiger partial charge in [0.2, 0.25) is 5.60 Å². The van der Waals surface area contributed by atoms with Gasteiger partial charge in [0.05, 0.1) is 18.8 Å². The Morgan fingerprint density at radius 2 is 1.14 bits per heavy atom. The Morgan fingerprint density at radius 1 is 0.724 bits per heavy atom. The number of carboxylic acids is 5. The summed E-state index contributed by atoms with van der Waals surface area (Å²) in [6.45, 7) is 0. The smallest absolute Gasteiger partial charge is 0.550 e.